The molecule has 2 unspecified atom stereocenters. The number of hydrogen-bond donors (Lipinski definition) is 2. The van der Waals surface area contributed by atoms with Crippen molar-refractivity contribution in [3.63, 3.8) is 0 Å². The first kappa shape index (κ1) is 18.3. The van der Waals surface area contributed by atoms with Crippen LogP contribution in [0.15, 0.2) is 24.3 Å². The maximum atomic E-state index is 12.7. The highest BCUT2D eigenvalue weighted by Gasteiger charge is 2.40. The second kappa shape index (κ2) is 7.67. The summed E-state index contributed by atoms with van der Waals surface area (Å²) in [6.45, 7) is 4.32. The lowest BCUT2D eigenvalue weighted by Gasteiger charge is -2.43. The Bertz CT molecular complexity index is 532. The van der Waals surface area contributed by atoms with Crippen molar-refractivity contribution in [2.45, 2.75) is 57.9 Å². The van der Waals surface area contributed by atoms with E-state index in [9.17, 15) is 4.79 Å². The van der Waals surface area contributed by atoms with Crippen LogP contribution in [0.2, 0.25) is 0 Å². The Labute approximate surface area is 145 Å². The molecule has 0 aliphatic heterocycles. The van der Waals surface area contributed by atoms with Crippen LogP contribution in [0.5, 0.6) is 0 Å². The van der Waals surface area contributed by atoms with Gasteiger partial charge in [0.25, 0.3) is 0 Å². The normalized spacial score (nSPS) is 29.7. The molecule has 0 spiro atoms. The van der Waals surface area contributed by atoms with Gasteiger partial charge in [-0.2, -0.15) is 0 Å². The molecule has 3 nitrogen and oxygen atoms in total. The molecule has 1 amide bonds. The lowest BCUT2D eigenvalue weighted by atomic mass is 9.65. The molecule has 0 saturated heterocycles. The van der Waals surface area contributed by atoms with Crippen LogP contribution < -0.4 is 11.1 Å². The number of carbonyl (C=O) groups excluding carboxylic acids is 1. The molecular weight excluding hydrogens is 308 g/mol. The fraction of sp³-hybridized carbons (Fsp3) is 0.632. The number of halogens is 1. The Morgan fingerprint density at radius 3 is 2.39 bits per heavy atom. The van der Waals surface area contributed by atoms with Crippen molar-refractivity contribution in [3.05, 3.63) is 29.8 Å². The van der Waals surface area contributed by atoms with E-state index in [0.717, 1.165) is 18.5 Å². The van der Waals surface area contributed by atoms with Crippen LogP contribution in [0, 0.1) is 17.8 Å². The first-order valence-corrected chi connectivity index (χ1v) is 8.71. The predicted molar refractivity (Wildman–Crippen MR) is 97.9 cm³/mol. The highest BCUT2D eigenvalue weighted by molar-refractivity contribution is 5.93. The molecule has 2 aliphatic carbocycles. The van der Waals surface area contributed by atoms with E-state index < -0.39 is 0 Å². The Morgan fingerprint density at radius 2 is 1.78 bits per heavy atom. The number of fused-ring (bicyclic) bond motifs is 2. The van der Waals surface area contributed by atoms with E-state index in [1.807, 2.05) is 18.2 Å². The molecule has 2 aliphatic rings. The van der Waals surface area contributed by atoms with E-state index >= 15 is 0 Å². The third-order valence-electron chi connectivity index (χ3n) is 5.62. The molecule has 2 atom stereocenters. The smallest absolute Gasteiger partial charge is 0.227 e. The minimum atomic E-state index is 0. The van der Waals surface area contributed by atoms with Gasteiger partial charge in [0.05, 0.1) is 0 Å². The van der Waals surface area contributed by atoms with Gasteiger partial charge >= 0.3 is 0 Å². The molecule has 2 fully saturated rings. The van der Waals surface area contributed by atoms with Crippen LogP contribution in [0.4, 0.5) is 5.69 Å². The van der Waals surface area contributed by atoms with Crippen LogP contribution in [-0.2, 0) is 4.79 Å². The van der Waals surface area contributed by atoms with Gasteiger partial charge in [-0.05, 0) is 55.1 Å². The first-order valence-electron chi connectivity index (χ1n) is 8.71. The number of carbonyl (C=O) groups is 1. The van der Waals surface area contributed by atoms with Crippen LogP contribution in [0.3, 0.4) is 0 Å². The first-order chi connectivity index (χ1) is 10.6. The van der Waals surface area contributed by atoms with Gasteiger partial charge in [-0.25, -0.2) is 0 Å². The average Bonchev–Trinajstić information content (AvgIpc) is 2.47. The summed E-state index contributed by atoms with van der Waals surface area (Å²) in [5.74, 6) is 1.83. The average molecular weight is 337 g/mol. The van der Waals surface area contributed by atoms with Gasteiger partial charge in [0.15, 0.2) is 0 Å². The minimum Gasteiger partial charge on any atom is -0.327 e. The molecule has 0 aromatic heterocycles. The molecule has 2 bridgehead atoms. The zero-order chi connectivity index (χ0) is 15.7. The van der Waals surface area contributed by atoms with E-state index in [0.29, 0.717) is 23.8 Å². The molecule has 1 aromatic carbocycles. The summed E-state index contributed by atoms with van der Waals surface area (Å²) in [7, 11) is 0. The Kier molecular flexibility index (Phi) is 6.10. The molecule has 128 valence electrons. The highest BCUT2D eigenvalue weighted by Crippen LogP contribution is 2.42. The van der Waals surface area contributed by atoms with Crippen molar-refractivity contribution < 1.29 is 4.79 Å². The number of para-hydroxylation sites is 1. The Morgan fingerprint density at radius 1 is 1.17 bits per heavy atom. The molecule has 1 aromatic rings. The quantitative estimate of drug-likeness (QED) is 0.863. The lowest BCUT2D eigenvalue weighted by molar-refractivity contribution is -0.122. The fourth-order valence-electron chi connectivity index (χ4n) is 4.35. The largest absolute Gasteiger partial charge is 0.327 e. The fourth-order valence-corrected chi connectivity index (χ4v) is 4.35. The summed E-state index contributed by atoms with van der Waals surface area (Å²) >= 11 is 0. The number of anilines is 1. The monoisotopic (exact) mass is 336 g/mol. The van der Waals surface area contributed by atoms with Crippen molar-refractivity contribution in [1.29, 1.82) is 0 Å². The van der Waals surface area contributed by atoms with Gasteiger partial charge < -0.3 is 11.1 Å². The summed E-state index contributed by atoms with van der Waals surface area (Å²) in [4.78, 5) is 12.7. The molecule has 23 heavy (non-hydrogen) atoms. The molecule has 3 N–H and O–H groups in total. The molecule has 3 rings (SSSR count). The van der Waals surface area contributed by atoms with Crippen LogP contribution in [0.1, 0.15) is 57.4 Å². The van der Waals surface area contributed by atoms with Gasteiger partial charge in [-0.1, -0.05) is 38.5 Å². The van der Waals surface area contributed by atoms with Crippen LogP contribution >= 0.6 is 12.4 Å². The summed E-state index contributed by atoms with van der Waals surface area (Å²) in [6.07, 6.45) is 5.61. The zero-order valence-corrected chi connectivity index (χ0v) is 14.9. The van der Waals surface area contributed by atoms with Crippen LogP contribution in [0.25, 0.3) is 0 Å². The van der Waals surface area contributed by atoms with Crippen molar-refractivity contribution in [2.75, 3.05) is 5.32 Å². The molecule has 0 radical (unpaired) electrons. The minimum absolute atomic E-state index is 0. The third kappa shape index (κ3) is 3.89. The third-order valence-corrected chi connectivity index (χ3v) is 5.62. The molecule has 0 heterocycles. The number of nitrogens with one attached hydrogen (secondary N) is 1. The molecule has 2 saturated carbocycles. The van der Waals surface area contributed by atoms with E-state index in [1.54, 1.807) is 0 Å². The second-order valence-electron chi connectivity index (χ2n) is 7.43. The maximum absolute atomic E-state index is 12.7. The summed E-state index contributed by atoms with van der Waals surface area (Å²) in [5, 5.41) is 3.19. The molecular formula is C19H29ClN2O. The second-order valence-corrected chi connectivity index (χ2v) is 7.43. The Hall–Kier alpha value is -1.06. The van der Waals surface area contributed by atoms with Crippen molar-refractivity contribution in [2.24, 2.45) is 23.5 Å². The summed E-state index contributed by atoms with van der Waals surface area (Å²) in [6, 6.07) is 8.47. The van der Waals surface area contributed by atoms with Crippen LogP contribution in [-0.4, -0.2) is 11.9 Å². The number of benzene rings is 1. The van der Waals surface area contributed by atoms with Gasteiger partial charge in [-0.15, -0.1) is 12.4 Å². The number of amides is 1. The van der Waals surface area contributed by atoms with Crippen molar-refractivity contribution in [1.82, 2.24) is 0 Å². The number of hydrogen-bond acceptors (Lipinski definition) is 2. The summed E-state index contributed by atoms with van der Waals surface area (Å²) in [5.41, 5.74) is 8.52. The van der Waals surface area contributed by atoms with Crippen molar-refractivity contribution >= 4 is 24.0 Å². The predicted octanol–water partition coefficient (Wildman–Crippen LogP) is 4.32. The van der Waals surface area contributed by atoms with Gasteiger partial charge in [0, 0.05) is 17.6 Å². The SMILES string of the molecule is CC(C)c1ccccc1NC(=O)C1CC2CCCC(C1)C2N.Cl. The maximum Gasteiger partial charge on any atom is 0.227 e. The van der Waals surface area contributed by atoms with E-state index in [4.69, 9.17) is 5.73 Å². The number of rotatable bonds is 3. The molecule has 4 heteroatoms. The van der Waals surface area contributed by atoms with E-state index in [-0.39, 0.29) is 24.2 Å². The Balaban J connectivity index is 0.00000192. The topological polar surface area (TPSA) is 55.1 Å². The highest BCUT2D eigenvalue weighted by atomic mass is 35.5. The summed E-state index contributed by atoms with van der Waals surface area (Å²) < 4.78 is 0. The van der Waals surface area contributed by atoms with E-state index in [1.165, 1.54) is 24.8 Å². The van der Waals surface area contributed by atoms with Gasteiger partial charge in [0.2, 0.25) is 5.91 Å². The van der Waals surface area contributed by atoms with Crippen molar-refractivity contribution in [3.8, 4) is 0 Å². The zero-order valence-electron chi connectivity index (χ0n) is 14.1. The van der Waals surface area contributed by atoms with Gasteiger partial charge in [0.1, 0.15) is 0 Å². The lowest BCUT2D eigenvalue weighted by Crippen LogP contribution is -2.48. The number of nitrogens with two attached hydrogens (primary N) is 1. The van der Waals surface area contributed by atoms with E-state index in [2.05, 4.69) is 25.2 Å². The standard InChI is InChI=1S/C19H28N2O.ClH/c1-12(2)16-8-3-4-9-17(16)21-19(22)15-10-13-6-5-7-14(11-15)18(13)20;/h3-4,8-9,12-15,18H,5-7,10-11,20H2,1-2H3,(H,21,22);1H. The van der Waals surface area contributed by atoms with Gasteiger partial charge in [-0.3, -0.25) is 4.79 Å².